The third-order valence-corrected chi connectivity index (χ3v) is 3.54. The summed E-state index contributed by atoms with van der Waals surface area (Å²) in [6, 6.07) is 4.43. The van der Waals surface area contributed by atoms with E-state index in [2.05, 4.69) is 35.9 Å². The lowest BCUT2D eigenvalue weighted by Crippen LogP contribution is -1.95. The van der Waals surface area contributed by atoms with Gasteiger partial charge in [0.05, 0.1) is 11.3 Å². The molecule has 0 aliphatic heterocycles. The molecule has 0 radical (unpaired) electrons. The summed E-state index contributed by atoms with van der Waals surface area (Å²) in [5.74, 6) is 0.360. The molecule has 0 spiro atoms. The minimum absolute atomic E-state index is 0.0360. The fourth-order valence-electron chi connectivity index (χ4n) is 1.68. The SMILES string of the molecule is O=[N+]([O-])c1cccc(Oc2nc(Cl)nc3nc[nH]c23)c1Br. The predicted octanol–water partition coefficient (Wildman–Crippen LogP) is 3.47. The zero-order chi connectivity index (χ0) is 15.0. The van der Waals surface area contributed by atoms with E-state index in [-0.39, 0.29) is 27.1 Å². The fourth-order valence-corrected chi connectivity index (χ4v) is 2.33. The highest BCUT2D eigenvalue weighted by molar-refractivity contribution is 9.10. The fraction of sp³-hybridized carbons (Fsp3) is 0. The van der Waals surface area contributed by atoms with Crippen LogP contribution in [0.5, 0.6) is 11.6 Å². The van der Waals surface area contributed by atoms with Gasteiger partial charge in [0.25, 0.3) is 5.69 Å². The third-order valence-electron chi connectivity index (χ3n) is 2.57. The first-order valence-electron chi connectivity index (χ1n) is 5.53. The van der Waals surface area contributed by atoms with Crippen LogP contribution in [0.3, 0.4) is 0 Å². The Labute approximate surface area is 130 Å². The maximum atomic E-state index is 10.9. The standard InChI is InChI=1S/C11H5BrClN5O3/c12-7-5(18(19)20)2-1-3-6(7)21-10-8-9(15-4-14-8)16-11(13)17-10/h1-4H,(H,14,15,16,17). The van der Waals surface area contributed by atoms with Gasteiger partial charge in [-0.15, -0.1) is 0 Å². The number of fused-ring (bicyclic) bond motifs is 1. The van der Waals surface area contributed by atoms with Crippen LogP contribution in [0.15, 0.2) is 29.0 Å². The van der Waals surface area contributed by atoms with Crippen LogP contribution in [0.1, 0.15) is 0 Å². The normalized spacial score (nSPS) is 10.8. The van der Waals surface area contributed by atoms with Crippen LogP contribution in [-0.4, -0.2) is 24.9 Å². The number of nitro groups is 1. The molecule has 0 unspecified atom stereocenters. The molecule has 3 rings (SSSR count). The van der Waals surface area contributed by atoms with Gasteiger partial charge in [0.2, 0.25) is 11.2 Å². The molecule has 0 aliphatic carbocycles. The van der Waals surface area contributed by atoms with E-state index in [0.717, 1.165) is 0 Å². The van der Waals surface area contributed by atoms with Crippen LogP contribution in [0, 0.1) is 10.1 Å². The van der Waals surface area contributed by atoms with Gasteiger partial charge < -0.3 is 9.72 Å². The Balaban J connectivity index is 2.09. The van der Waals surface area contributed by atoms with E-state index in [1.807, 2.05) is 0 Å². The van der Waals surface area contributed by atoms with E-state index in [1.54, 1.807) is 6.07 Å². The molecule has 2 heterocycles. The van der Waals surface area contributed by atoms with Gasteiger partial charge in [-0.3, -0.25) is 10.1 Å². The molecule has 10 heteroatoms. The molecule has 106 valence electrons. The number of H-pyrrole nitrogens is 1. The second kappa shape index (κ2) is 5.26. The van der Waals surface area contributed by atoms with Crippen LogP contribution in [-0.2, 0) is 0 Å². The summed E-state index contributed by atoms with van der Waals surface area (Å²) in [4.78, 5) is 25.0. The van der Waals surface area contributed by atoms with E-state index < -0.39 is 4.92 Å². The number of hydrogen-bond donors (Lipinski definition) is 1. The Hall–Kier alpha value is -2.26. The van der Waals surface area contributed by atoms with E-state index in [0.29, 0.717) is 11.2 Å². The number of hydrogen-bond acceptors (Lipinski definition) is 6. The summed E-state index contributed by atoms with van der Waals surface area (Å²) in [5.41, 5.74) is 0.665. The Morgan fingerprint density at radius 2 is 2.19 bits per heavy atom. The Morgan fingerprint density at radius 1 is 1.38 bits per heavy atom. The van der Waals surface area contributed by atoms with E-state index in [1.165, 1.54) is 18.5 Å². The highest BCUT2D eigenvalue weighted by Gasteiger charge is 2.18. The summed E-state index contributed by atoms with van der Waals surface area (Å²) in [7, 11) is 0. The third kappa shape index (κ3) is 2.52. The topological polar surface area (TPSA) is 107 Å². The number of ether oxygens (including phenoxy) is 1. The van der Waals surface area contributed by atoms with Gasteiger partial charge >= 0.3 is 0 Å². The number of rotatable bonds is 3. The lowest BCUT2D eigenvalue weighted by atomic mass is 10.3. The van der Waals surface area contributed by atoms with Gasteiger partial charge in [0.15, 0.2) is 11.4 Å². The second-order valence-electron chi connectivity index (χ2n) is 3.85. The minimum Gasteiger partial charge on any atom is -0.435 e. The molecule has 8 nitrogen and oxygen atoms in total. The summed E-state index contributed by atoms with van der Waals surface area (Å²) in [6.45, 7) is 0. The molecular formula is C11H5BrClN5O3. The molecule has 1 aromatic carbocycles. The van der Waals surface area contributed by atoms with Crippen LogP contribution >= 0.6 is 27.5 Å². The maximum Gasteiger partial charge on any atom is 0.287 e. The molecule has 0 bridgehead atoms. The first kappa shape index (κ1) is 13.7. The van der Waals surface area contributed by atoms with Gasteiger partial charge in [-0.25, -0.2) is 4.98 Å². The molecule has 21 heavy (non-hydrogen) atoms. The summed E-state index contributed by atoms with van der Waals surface area (Å²) in [6.07, 6.45) is 1.42. The summed E-state index contributed by atoms with van der Waals surface area (Å²) >= 11 is 8.94. The first-order chi connectivity index (χ1) is 10.1. The van der Waals surface area contributed by atoms with E-state index >= 15 is 0 Å². The lowest BCUT2D eigenvalue weighted by Gasteiger charge is -2.07. The van der Waals surface area contributed by atoms with Crippen molar-refractivity contribution in [3.8, 4) is 11.6 Å². The van der Waals surface area contributed by atoms with Crippen LogP contribution in [0.4, 0.5) is 5.69 Å². The number of benzene rings is 1. The number of nitro benzene ring substituents is 1. The van der Waals surface area contributed by atoms with Crippen molar-refractivity contribution in [3.63, 3.8) is 0 Å². The van der Waals surface area contributed by atoms with Crippen LogP contribution in [0.2, 0.25) is 5.28 Å². The highest BCUT2D eigenvalue weighted by atomic mass is 79.9. The maximum absolute atomic E-state index is 10.9. The molecule has 1 N–H and O–H groups in total. The molecular weight excluding hydrogens is 366 g/mol. The van der Waals surface area contributed by atoms with Crippen molar-refractivity contribution in [2.24, 2.45) is 0 Å². The Morgan fingerprint density at radius 3 is 2.95 bits per heavy atom. The zero-order valence-electron chi connectivity index (χ0n) is 10.1. The lowest BCUT2D eigenvalue weighted by molar-refractivity contribution is -0.385. The van der Waals surface area contributed by atoms with Gasteiger partial charge in [0.1, 0.15) is 9.99 Å². The van der Waals surface area contributed by atoms with Crippen LogP contribution < -0.4 is 4.74 Å². The van der Waals surface area contributed by atoms with Crippen molar-refractivity contribution in [2.75, 3.05) is 0 Å². The van der Waals surface area contributed by atoms with Crippen molar-refractivity contribution in [1.29, 1.82) is 0 Å². The van der Waals surface area contributed by atoms with Gasteiger partial charge in [-0.2, -0.15) is 9.97 Å². The monoisotopic (exact) mass is 369 g/mol. The Kier molecular flexibility index (Phi) is 3.43. The molecule has 0 amide bonds. The summed E-state index contributed by atoms with van der Waals surface area (Å²) < 4.78 is 5.80. The number of aromatic nitrogens is 4. The quantitative estimate of drug-likeness (QED) is 0.430. The molecule has 3 aromatic rings. The number of imidazole rings is 1. The first-order valence-corrected chi connectivity index (χ1v) is 6.70. The van der Waals surface area contributed by atoms with E-state index in [9.17, 15) is 10.1 Å². The van der Waals surface area contributed by atoms with Gasteiger partial charge in [-0.05, 0) is 33.6 Å². The van der Waals surface area contributed by atoms with Gasteiger partial charge in [0, 0.05) is 6.07 Å². The number of halogens is 2. The largest absolute Gasteiger partial charge is 0.435 e. The number of aromatic amines is 1. The molecule has 0 fully saturated rings. The van der Waals surface area contributed by atoms with Crippen molar-refractivity contribution >= 4 is 44.4 Å². The predicted molar refractivity (Wildman–Crippen MR) is 77.6 cm³/mol. The smallest absolute Gasteiger partial charge is 0.287 e. The molecule has 0 aliphatic rings. The number of nitrogens with zero attached hydrogens (tertiary/aromatic N) is 4. The van der Waals surface area contributed by atoms with Crippen molar-refractivity contribution in [1.82, 2.24) is 19.9 Å². The van der Waals surface area contributed by atoms with Gasteiger partial charge in [-0.1, -0.05) is 6.07 Å². The highest BCUT2D eigenvalue weighted by Crippen LogP contribution is 2.37. The summed E-state index contributed by atoms with van der Waals surface area (Å²) in [5, 5.41) is 10.9. The minimum atomic E-state index is -0.518. The molecule has 0 atom stereocenters. The average molecular weight is 371 g/mol. The van der Waals surface area contributed by atoms with Crippen molar-refractivity contribution in [3.05, 3.63) is 44.4 Å². The van der Waals surface area contributed by atoms with E-state index in [4.69, 9.17) is 16.3 Å². The second-order valence-corrected chi connectivity index (χ2v) is 4.98. The molecule has 0 saturated heterocycles. The van der Waals surface area contributed by atoms with Crippen LogP contribution in [0.25, 0.3) is 11.2 Å². The number of nitrogens with one attached hydrogen (secondary N) is 1. The van der Waals surface area contributed by atoms with Crippen molar-refractivity contribution < 1.29 is 9.66 Å². The molecule has 2 aromatic heterocycles. The molecule has 0 saturated carbocycles. The average Bonchev–Trinajstić information content (AvgIpc) is 2.88. The van der Waals surface area contributed by atoms with Crippen molar-refractivity contribution in [2.45, 2.75) is 0 Å². The zero-order valence-corrected chi connectivity index (χ0v) is 12.4. The Bertz CT molecular complexity index is 853.